The minimum atomic E-state index is -0.125. The molecule has 0 atom stereocenters. The number of nitrogens with zero attached hydrogens (tertiary/aromatic N) is 2. The number of terminal acetylenes is 1. The molecule has 1 aromatic carbocycles. The summed E-state index contributed by atoms with van der Waals surface area (Å²) in [4.78, 5) is 4.77. The first kappa shape index (κ1) is 15.7. The highest BCUT2D eigenvalue weighted by atomic mass is 79.9. The van der Waals surface area contributed by atoms with Crippen molar-refractivity contribution in [3.8, 4) is 23.6 Å². The van der Waals surface area contributed by atoms with Gasteiger partial charge in [0.05, 0.1) is 6.54 Å². The maximum absolute atomic E-state index is 6.31. The van der Waals surface area contributed by atoms with Crippen LogP contribution in [0.3, 0.4) is 0 Å². The van der Waals surface area contributed by atoms with Crippen LogP contribution in [-0.4, -0.2) is 9.55 Å². The zero-order valence-electron chi connectivity index (χ0n) is 12.9. The molecule has 0 amide bonds. The van der Waals surface area contributed by atoms with E-state index in [0.29, 0.717) is 12.4 Å². The summed E-state index contributed by atoms with van der Waals surface area (Å²) in [6.45, 7) is 8.80. The van der Waals surface area contributed by atoms with Crippen LogP contribution in [0.4, 0.5) is 5.82 Å². The van der Waals surface area contributed by atoms with Gasteiger partial charge in [-0.2, -0.15) is 0 Å². The quantitative estimate of drug-likeness (QED) is 0.831. The van der Waals surface area contributed by atoms with Gasteiger partial charge in [-0.15, -0.1) is 6.42 Å². The Hall–Kier alpha value is -1.73. The van der Waals surface area contributed by atoms with Crippen molar-refractivity contribution < 1.29 is 0 Å². The fourth-order valence-corrected chi connectivity index (χ4v) is 2.98. The monoisotopic (exact) mass is 345 g/mol. The van der Waals surface area contributed by atoms with E-state index in [1.54, 1.807) is 0 Å². The molecule has 2 rings (SSSR count). The van der Waals surface area contributed by atoms with Crippen LogP contribution in [-0.2, 0) is 12.0 Å². The number of hydrogen-bond acceptors (Lipinski definition) is 2. The minimum Gasteiger partial charge on any atom is -0.383 e. The lowest BCUT2D eigenvalue weighted by molar-refractivity contribution is 0.517. The minimum absolute atomic E-state index is 0.125. The van der Waals surface area contributed by atoms with Crippen molar-refractivity contribution in [1.29, 1.82) is 0 Å². The number of halogens is 1. The summed E-state index contributed by atoms with van der Waals surface area (Å²) in [6.07, 6.45) is 5.48. The molecule has 0 aliphatic heterocycles. The van der Waals surface area contributed by atoms with Crippen molar-refractivity contribution in [3.63, 3.8) is 0 Å². The number of benzene rings is 1. The zero-order chi connectivity index (χ0) is 15.8. The van der Waals surface area contributed by atoms with Crippen LogP contribution in [0.25, 0.3) is 11.3 Å². The van der Waals surface area contributed by atoms with Crippen LogP contribution in [0, 0.1) is 19.3 Å². The summed E-state index contributed by atoms with van der Waals surface area (Å²) in [5.41, 5.74) is 9.13. The summed E-state index contributed by atoms with van der Waals surface area (Å²) in [5.74, 6) is 4.17. The molecule has 0 saturated heterocycles. The second kappa shape index (κ2) is 5.57. The highest BCUT2D eigenvalue weighted by Crippen LogP contribution is 2.35. The zero-order valence-corrected chi connectivity index (χ0v) is 14.5. The van der Waals surface area contributed by atoms with Crippen LogP contribution in [0.15, 0.2) is 22.7 Å². The lowest BCUT2D eigenvalue weighted by Gasteiger charge is -2.18. The highest BCUT2D eigenvalue weighted by Gasteiger charge is 2.25. The second-order valence-corrected chi connectivity index (χ2v) is 7.05. The van der Waals surface area contributed by atoms with Gasteiger partial charge >= 0.3 is 0 Å². The molecule has 0 aliphatic rings. The third-order valence-corrected chi connectivity index (χ3v) is 3.96. The summed E-state index contributed by atoms with van der Waals surface area (Å²) >= 11 is 3.60. The molecule has 1 heterocycles. The molecule has 0 spiro atoms. The van der Waals surface area contributed by atoms with Crippen molar-refractivity contribution in [2.24, 2.45) is 0 Å². The first-order valence-electron chi connectivity index (χ1n) is 6.82. The number of imidazole rings is 1. The molecular formula is C17H20BrN3. The topological polar surface area (TPSA) is 43.8 Å². The molecular weight excluding hydrogens is 326 g/mol. The van der Waals surface area contributed by atoms with Crippen molar-refractivity contribution >= 4 is 21.7 Å². The van der Waals surface area contributed by atoms with Gasteiger partial charge in [-0.25, -0.2) is 4.98 Å². The number of nitrogen functional groups attached to an aromatic ring is 1. The van der Waals surface area contributed by atoms with Gasteiger partial charge in [0.1, 0.15) is 17.3 Å². The Bertz CT molecular complexity index is 715. The molecule has 0 unspecified atom stereocenters. The van der Waals surface area contributed by atoms with E-state index in [9.17, 15) is 0 Å². The number of anilines is 1. The Balaban J connectivity index is 2.68. The van der Waals surface area contributed by atoms with E-state index < -0.39 is 0 Å². The van der Waals surface area contributed by atoms with Crippen LogP contribution < -0.4 is 5.73 Å². The first-order chi connectivity index (χ1) is 9.75. The summed E-state index contributed by atoms with van der Waals surface area (Å²) in [5, 5.41) is 0. The highest BCUT2D eigenvalue weighted by molar-refractivity contribution is 9.10. The largest absolute Gasteiger partial charge is 0.383 e. The molecule has 21 heavy (non-hydrogen) atoms. The van der Waals surface area contributed by atoms with Crippen LogP contribution in [0.1, 0.15) is 32.2 Å². The molecule has 0 aliphatic carbocycles. The normalized spacial score (nSPS) is 11.4. The van der Waals surface area contributed by atoms with Gasteiger partial charge in [-0.1, -0.05) is 54.8 Å². The SMILES string of the molecule is C#CCn1c(C(C)(C)C)nc(-c2ccc(C)cc2Br)c1N. The van der Waals surface area contributed by atoms with Crippen LogP contribution in [0.5, 0.6) is 0 Å². The predicted molar refractivity (Wildman–Crippen MR) is 92.0 cm³/mol. The van der Waals surface area contributed by atoms with Crippen molar-refractivity contribution in [1.82, 2.24) is 9.55 Å². The average Bonchev–Trinajstić information content (AvgIpc) is 2.68. The van der Waals surface area contributed by atoms with E-state index >= 15 is 0 Å². The van der Waals surface area contributed by atoms with Crippen LogP contribution >= 0.6 is 15.9 Å². The smallest absolute Gasteiger partial charge is 0.132 e. The molecule has 4 heteroatoms. The lowest BCUT2D eigenvalue weighted by Crippen LogP contribution is -2.19. The fraction of sp³-hybridized carbons (Fsp3) is 0.353. The van der Waals surface area contributed by atoms with E-state index in [4.69, 9.17) is 17.1 Å². The molecule has 0 saturated carbocycles. The molecule has 0 fully saturated rings. The Kier molecular flexibility index (Phi) is 4.15. The lowest BCUT2D eigenvalue weighted by atomic mass is 9.95. The van der Waals surface area contributed by atoms with Gasteiger partial charge in [0.25, 0.3) is 0 Å². The molecule has 0 bridgehead atoms. The third-order valence-electron chi connectivity index (χ3n) is 3.31. The molecule has 2 aromatic rings. The predicted octanol–water partition coefficient (Wildman–Crippen LogP) is 4.13. The van der Waals surface area contributed by atoms with Gasteiger partial charge in [0.2, 0.25) is 0 Å². The fourth-order valence-electron chi connectivity index (χ4n) is 2.30. The third kappa shape index (κ3) is 2.98. The van der Waals surface area contributed by atoms with Gasteiger partial charge in [-0.05, 0) is 18.6 Å². The number of aromatic nitrogens is 2. The summed E-state index contributed by atoms with van der Waals surface area (Å²) in [6, 6.07) is 6.15. The van der Waals surface area contributed by atoms with Crippen LogP contribution in [0.2, 0.25) is 0 Å². The van der Waals surface area contributed by atoms with Gasteiger partial charge in [0, 0.05) is 15.5 Å². The standard InChI is InChI=1S/C17H20BrN3/c1-6-9-21-15(19)14(20-16(21)17(3,4)5)12-8-7-11(2)10-13(12)18/h1,7-8,10H,9,19H2,2-5H3. The maximum atomic E-state index is 6.31. The number of rotatable bonds is 2. The molecule has 110 valence electrons. The molecule has 3 nitrogen and oxygen atoms in total. The van der Waals surface area contributed by atoms with E-state index in [2.05, 4.69) is 61.7 Å². The maximum Gasteiger partial charge on any atom is 0.132 e. The Morgan fingerprint density at radius 3 is 2.57 bits per heavy atom. The average molecular weight is 346 g/mol. The van der Waals surface area contributed by atoms with E-state index in [0.717, 1.165) is 21.6 Å². The van der Waals surface area contributed by atoms with E-state index in [1.807, 2.05) is 10.6 Å². The van der Waals surface area contributed by atoms with E-state index in [1.165, 1.54) is 5.56 Å². The van der Waals surface area contributed by atoms with Gasteiger partial charge < -0.3 is 10.3 Å². The number of hydrogen-bond donors (Lipinski definition) is 1. The molecule has 2 N–H and O–H groups in total. The number of aryl methyl sites for hydroxylation is 1. The first-order valence-corrected chi connectivity index (χ1v) is 7.61. The molecule has 0 radical (unpaired) electrons. The Morgan fingerprint density at radius 1 is 1.38 bits per heavy atom. The van der Waals surface area contributed by atoms with E-state index in [-0.39, 0.29) is 5.41 Å². The van der Waals surface area contributed by atoms with Crippen molar-refractivity contribution in [2.45, 2.75) is 39.7 Å². The van der Waals surface area contributed by atoms with Crippen molar-refractivity contribution in [2.75, 3.05) is 5.73 Å². The van der Waals surface area contributed by atoms with Gasteiger partial charge in [-0.3, -0.25) is 0 Å². The summed E-state index contributed by atoms with van der Waals surface area (Å²) < 4.78 is 2.90. The Labute approximate surface area is 134 Å². The van der Waals surface area contributed by atoms with Gasteiger partial charge in [0.15, 0.2) is 0 Å². The molecule has 1 aromatic heterocycles. The van der Waals surface area contributed by atoms with Crippen molar-refractivity contribution in [3.05, 3.63) is 34.1 Å². The number of nitrogens with two attached hydrogens (primary N) is 1. The Morgan fingerprint density at radius 2 is 2.05 bits per heavy atom. The summed E-state index contributed by atoms with van der Waals surface area (Å²) in [7, 11) is 0. The second-order valence-electron chi connectivity index (χ2n) is 6.19.